The molecule has 0 aliphatic rings. The Bertz CT molecular complexity index is 339. The standard InChI is InChI=1S/C13H36NO3PSi3/c1-19(2,3)14-12-10-11-13-18(15,16-20(4,5)6)17-21(7,8)9/h14H,10-13H2,1-9H3. The molecule has 0 heterocycles. The second-order valence-electron chi connectivity index (χ2n) is 8.63. The molecule has 0 aromatic heterocycles. The van der Waals surface area contributed by atoms with Gasteiger partial charge in [0.15, 0.2) is 16.6 Å². The topological polar surface area (TPSA) is 47.6 Å². The van der Waals surface area contributed by atoms with Crippen LogP contribution in [0, 0.1) is 0 Å². The fraction of sp³-hybridized carbons (Fsp3) is 1.00. The van der Waals surface area contributed by atoms with E-state index in [0.29, 0.717) is 6.16 Å². The van der Waals surface area contributed by atoms with Crippen LogP contribution >= 0.6 is 7.60 Å². The lowest BCUT2D eigenvalue weighted by atomic mass is 10.3. The molecule has 0 spiro atoms. The molecule has 0 saturated carbocycles. The van der Waals surface area contributed by atoms with Crippen molar-refractivity contribution in [2.45, 2.75) is 71.8 Å². The van der Waals surface area contributed by atoms with Gasteiger partial charge in [-0.05, 0) is 58.7 Å². The van der Waals surface area contributed by atoms with Gasteiger partial charge in [-0.1, -0.05) is 19.6 Å². The van der Waals surface area contributed by atoms with Gasteiger partial charge >= 0.3 is 7.60 Å². The van der Waals surface area contributed by atoms with Gasteiger partial charge in [-0.2, -0.15) is 0 Å². The summed E-state index contributed by atoms with van der Waals surface area (Å²) in [5.74, 6) is 0. The first-order valence-corrected chi connectivity index (χ1v) is 19.9. The van der Waals surface area contributed by atoms with Crippen LogP contribution in [0.5, 0.6) is 0 Å². The van der Waals surface area contributed by atoms with Gasteiger partial charge in [-0.15, -0.1) is 0 Å². The summed E-state index contributed by atoms with van der Waals surface area (Å²) in [5.41, 5.74) is 0. The Kier molecular flexibility index (Phi) is 8.33. The van der Waals surface area contributed by atoms with Crippen molar-refractivity contribution in [1.82, 2.24) is 4.98 Å². The Balaban J connectivity index is 4.46. The highest BCUT2D eigenvalue weighted by atomic mass is 31.2. The molecule has 0 unspecified atom stereocenters. The molecule has 128 valence electrons. The zero-order valence-corrected chi connectivity index (χ0v) is 19.4. The van der Waals surface area contributed by atoms with Gasteiger partial charge in [0.05, 0.1) is 0 Å². The number of hydrogen-bond acceptors (Lipinski definition) is 4. The highest BCUT2D eigenvalue weighted by Gasteiger charge is 2.35. The van der Waals surface area contributed by atoms with E-state index in [0.717, 1.165) is 19.4 Å². The molecule has 0 bridgehead atoms. The lowest BCUT2D eigenvalue weighted by Gasteiger charge is -2.31. The summed E-state index contributed by atoms with van der Waals surface area (Å²) in [6.45, 7) is 20.3. The van der Waals surface area contributed by atoms with Crippen molar-refractivity contribution in [3.63, 3.8) is 0 Å². The van der Waals surface area contributed by atoms with Crippen molar-refractivity contribution in [2.24, 2.45) is 0 Å². The van der Waals surface area contributed by atoms with Crippen molar-refractivity contribution in [1.29, 1.82) is 0 Å². The molecule has 0 aliphatic carbocycles. The van der Waals surface area contributed by atoms with E-state index in [-0.39, 0.29) is 0 Å². The number of hydrogen-bond donors (Lipinski definition) is 1. The van der Waals surface area contributed by atoms with Crippen LogP contribution in [0.1, 0.15) is 12.8 Å². The van der Waals surface area contributed by atoms with Crippen LogP contribution in [0.25, 0.3) is 0 Å². The minimum absolute atomic E-state index is 0.551. The third-order valence-electron chi connectivity index (χ3n) is 2.34. The van der Waals surface area contributed by atoms with E-state index in [9.17, 15) is 4.57 Å². The van der Waals surface area contributed by atoms with E-state index < -0.39 is 32.5 Å². The predicted molar refractivity (Wildman–Crippen MR) is 102 cm³/mol. The quantitative estimate of drug-likeness (QED) is 0.331. The zero-order valence-electron chi connectivity index (χ0n) is 15.5. The minimum Gasteiger partial charge on any atom is -0.352 e. The van der Waals surface area contributed by atoms with E-state index in [1.807, 2.05) is 0 Å². The maximum atomic E-state index is 13.0. The second-order valence-corrected chi connectivity index (χ2v) is 25.1. The van der Waals surface area contributed by atoms with E-state index in [1.54, 1.807) is 0 Å². The first-order chi connectivity index (χ1) is 9.12. The van der Waals surface area contributed by atoms with Gasteiger partial charge in [0.2, 0.25) is 0 Å². The van der Waals surface area contributed by atoms with Crippen molar-refractivity contribution in [2.75, 3.05) is 12.7 Å². The average Bonchev–Trinajstić information content (AvgIpc) is 2.07. The van der Waals surface area contributed by atoms with E-state index >= 15 is 0 Å². The van der Waals surface area contributed by atoms with Crippen molar-refractivity contribution >= 4 is 32.5 Å². The Morgan fingerprint density at radius 1 is 0.810 bits per heavy atom. The first kappa shape index (κ1) is 21.8. The molecule has 0 aliphatic heterocycles. The number of nitrogens with one attached hydrogen (secondary N) is 1. The Labute approximate surface area is 135 Å². The number of rotatable bonds is 10. The molecule has 21 heavy (non-hydrogen) atoms. The summed E-state index contributed by atoms with van der Waals surface area (Å²) in [6.07, 6.45) is 2.47. The van der Waals surface area contributed by atoms with Crippen molar-refractivity contribution < 1.29 is 13.0 Å². The molecule has 4 nitrogen and oxygen atoms in total. The summed E-state index contributed by atoms with van der Waals surface area (Å²) < 4.78 is 24.9. The normalized spacial score (nSPS) is 14.5. The summed E-state index contributed by atoms with van der Waals surface area (Å²) in [5, 5.41) is 0. The average molecular weight is 370 g/mol. The first-order valence-electron chi connectivity index (χ1n) is 7.88. The maximum Gasteiger partial charge on any atom is 0.311 e. The van der Waals surface area contributed by atoms with Gasteiger partial charge in [0, 0.05) is 6.16 Å². The van der Waals surface area contributed by atoms with Crippen LogP contribution in [0.3, 0.4) is 0 Å². The molecule has 0 aromatic carbocycles. The Morgan fingerprint density at radius 2 is 1.24 bits per heavy atom. The molecular weight excluding hydrogens is 333 g/mol. The third kappa shape index (κ3) is 14.1. The molecule has 0 amide bonds. The summed E-state index contributed by atoms with van der Waals surface area (Å²) in [7, 11) is -7.86. The SMILES string of the molecule is C[Si](C)(C)NCCCCP(=O)(O[Si](C)(C)C)O[Si](C)(C)C. The van der Waals surface area contributed by atoms with Crippen LogP contribution in [-0.2, 0) is 13.0 Å². The lowest BCUT2D eigenvalue weighted by Crippen LogP contribution is -2.41. The predicted octanol–water partition coefficient (Wildman–Crippen LogP) is 5.09. The zero-order chi connectivity index (χ0) is 16.9. The van der Waals surface area contributed by atoms with Gasteiger partial charge in [-0.25, -0.2) is 0 Å². The molecule has 0 fully saturated rings. The van der Waals surface area contributed by atoms with Crippen LogP contribution in [0.15, 0.2) is 0 Å². The Hall–Kier alpha value is 0.761. The molecular formula is C13H36NO3PSi3. The summed E-state index contributed by atoms with van der Waals surface area (Å²) in [6, 6.07) is 0. The van der Waals surface area contributed by atoms with E-state index in [2.05, 4.69) is 63.9 Å². The van der Waals surface area contributed by atoms with Crippen molar-refractivity contribution in [3.05, 3.63) is 0 Å². The van der Waals surface area contributed by atoms with Gasteiger partial charge in [-0.3, -0.25) is 4.57 Å². The molecule has 0 rings (SSSR count). The van der Waals surface area contributed by atoms with Crippen LogP contribution in [0.2, 0.25) is 58.9 Å². The van der Waals surface area contributed by atoms with Crippen LogP contribution in [-0.4, -0.2) is 37.6 Å². The highest BCUT2D eigenvalue weighted by Crippen LogP contribution is 2.53. The summed E-state index contributed by atoms with van der Waals surface area (Å²) >= 11 is 0. The van der Waals surface area contributed by atoms with Gasteiger partial charge in [0.25, 0.3) is 0 Å². The second kappa shape index (κ2) is 8.04. The molecule has 0 aromatic rings. The van der Waals surface area contributed by atoms with Gasteiger partial charge < -0.3 is 13.4 Å². The summed E-state index contributed by atoms with van der Waals surface area (Å²) in [4.78, 5) is 3.59. The van der Waals surface area contributed by atoms with Crippen LogP contribution < -0.4 is 4.98 Å². The monoisotopic (exact) mass is 369 g/mol. The Morgan fingerprint density at radius 3 is 1.57 bits per heavy atom. The van der Waals surface area contributed by atoms with E-state index in [1.165, 1.54) is 0 Å². The molecule has 0 atom stereocenters. The fourth-order valence-electron chi connectivity index (χ4n) is 1.84. The smallest absolute Gasteiger partial charge is 0.311 e. The minimum atomic E-state index is -2.94. The maximum absolute atomic E-state index is 13.0. The molecule has 1 N–H and O–H groups in total. The molecule has 0 radical (unpaired) electrons. The largest absolute Gasteiger partial charge is 0.352 e. The third-order valence-corrected chi connectivity index (χ3v) is 11.1. The fourth-order valence-corrected chi connectivity index (χ4v) is 11.3. The number of unbranched alkanes of at least 4 members (excludes halogenated alkanes) is 1. The van der Waals surface area contributed by atoms with Crippen molar-refractivity contribution in [3.8, 4) is 0 Å². The van der Waals surface area contributed by atoms with Crippen LogP contribution in [0.4, 0.5) is 0 Å². The van der Waals surface area contributed by atoms with E-state index in [4.69, 9.17) is 8.43 Å². The molecule has 0 saturated heterocycles. The molecule has 8 heteroatoms. The lowest BCUT2D eigenvalue weighted by molar-refractivity contribution is 0.381. The van der Waals surface area contributed by atoms with Gasteiger partial charge in [0.1, 0.15) is 8.24 Å². The highest BCUT2D eigenvalue weighted by molar-refractivity contribution is 7.57.